The molecule has 5 aromatic rings. The van der Waals surface area contributed by atoms with Gasteiger partial charge in [-0.2, -0.15) is 0 Å². The molecule has 3 heterocycles. The lowest BCUT2D eigenvalue weighted by Gasteiger charge is -2.07. The lowest BCUT2D eigenvalue weighted by atomic mass is 10.2. The summed E-state index contributed by atoms with van der Waals surface area (Å²) in [6, 6.07) is 19.0. The SMILES string of the molecule is O.O=C(CSc1nnc(SCC(=O)Nc2cccc3cccnc23)s1)Nc1cccc2cccnc12. The molecule has 2 aromatic carbocycles. The van der Waals surface area contributed by atoms with Gasteiger partial charge in [-0.1, -0.05) is 71.3 Å². The van der Waals surface area contributed by atoms with Crippen LogP contribution in [0.1, 0.15) is 0 Å². The Kier molecular flexibility index (Phi) is 8.44. The van der Waals surface area contributed by atoms with E-state index < -0.39 is 0 Å². The van der Waals surface area contributed by atoms with Crippen LogP contribution >= 0.6 is 34.9 Å². The van der Waals surface area contributed by atoms with Crippen LogP contribution in [0.4, 0.5) is 11.4 Å². The summed E-state index contributed by atoms with van der Waals surface area (Å²) in [5.41, 5.74) is 2.85. The molecule has 0 saturated heterocycles. The number of anilines is 2. The highest BCUT2D eigenvalue weighted by Gasteiger charge is 2.13. The predicted molar refractivity (Wildman–Crippen MR) is 146 cm³/mol. The number of benzene rings is 2. The van der Waals surface area contributed by atoms with E-state index in [-0.39, 0.29) is 28.8 Å². The Bertz CT molecular complexity index is 1410. The summed E-state index contributed by atoms with van der Waals surface area (Å²) in [7, 11) is 0. The fraction of sp³-hybridized carbons (Fsp3) is 0.0833. The third-order valence-corrected chi connectivity index (χ3v) is 8.04. The first-order valence-electron chi connectivity index (χ1n) is 10.5. The maximum absolute atomic E-state index is 12.5. The van der Waals surface area contributed by atoms with Gasteiger partial charge in [-0.05, 0) is 24.3 Å². The van der Waals surface area contributed by atoms with E-state index in [1.54, 1.807) is 12.4 Å². The second kappa shape index (κ2) is 11.9. The Morgan fingerprint density at radius 1 is 0.694 bits per heavy atom. The van der Waals surface area contributed by atoms with E-state index in [9.17, 15) is 9.59 Å². The standard InChI is InChI=1S/C24H18N6O2S3.H2O/c31-19(27-17-9-1-5-15-7-3-11-25-21(15)17)13-33-23-29-30-24(35-23)34-14-20(32)28-18-10-2-6-16-8-4-12-26-22(16)18;/h1-12H,13-14H2,(H,27,31)(H,28,32);1H2. The third-order valence-electron chi connectivity index (χ3n) is 4.86. The van der Waals surface area contributed by atoms with Crippen molar-refractivity contribution in [3.8, 4) is 0 Å². The van der Waals surface area contributed by atoms with Crippen LogP contribution in [-0.4, -0.2) is 49.0 Å². The molecule has 0 spiro atoms. The molecular formula is C24H20N6O3S3. The normalized spacial score (nSPS) is 10.7. The number of para-hydroxylation sites is 2. The number of aromatic nitrogens is 4. The smallest absolute Gasteiger partial charge is 0.234 e. The number of amides is 2. The first-order valence-corrected chi connectivity index (χ1v) is 13.3. The van der Waals surface area contributed by atoms with Gasteiger partial charge in [0.2, 0.25) is 11.8 Å². The maximum atomic E-state index is 12.5. The average Bonchev–Trinajstić information content (AvgIpc) is 3.35. The molecule has 9 nitrogen and oxygen atoms in total. The first kappa shape index (κ1) is 25.5. The van der Waals surface area contributed by atoms with Crippen molar-refractivity contribution < 1.29 is 15.1 Å². The van der Waals surface area contributed by atoms with Crippen LogP contribution < -0.4 is 10.6 Å². The van der Waals surface area contributed by atoms with Gasteiger partial charge in [0.1, 0.15) is 0 Å². The Morgan fingerprint density at radius 2 is 1.14 bits per heavy atom. The number of carbonyl (C=O) groups excluding carboxylic acids is 2. The van der Waals surface area contributed by atoms with Crippen molar-refractivity contribution in [3.63, 3.8) is 0 Å². The molecule has 182 valence electrons. The fourth-order valence-corrected chi connectivity index (χ4v) is 5.97. The number of hydrogen-bond acceptors (Lipinski definition) is 9. The van der Waals surface area contributed by atoms with Crippen molar-refractivity contribution in [2.45, 2.75) is 8.68 Å². The first-order chi connectivity index (χ1) is 17.2. The summed E-state index contributed by atoms with van der Waals surface area (Å²) in [6.07, 6.45) is 3.40. The van der Waals surface area contributed by atoms with Crippen LogP contribution in [0.3, 0.4) is 0 Å². The molecule has 0 atom stereocenters. The number of carbonyl (C=O) groups is 2. The lowest BCUT2D eigenvalue weighted by Crippen LogP contribution is -2.14. The minimum Gasteiger partial charge on any atom is -0.412 e. The van der Waals surface area contributed by atoms with Crippen LogP contribution in [0.15, 0.2) is 81.7 Å². The van der Waals surface area contributed by atoms with Crippen molar-refractivity contribution in [3.05, 3.63) is 73.1 Å². The molecule has 0 unspecified atom stereocenters. The van der Waals surface area contributed by atoms with Gasteiger partial charge in [0.05, 0.1) is 33.9 Å². The Morgan fingerprint density at radius 3 is 1.61 bits per heavy atom. The summed E-state index contributed by atoms with van der Waals surface area (Å²) in [6.45, 7) is 0. The van der Waals surface area contributed by atoms with Crippen molar-refractivity contribution in [2.24, 2.45) is 0 Å². The summed E-state index contributed by atoms with van der Waals surface area (Å²) in [4.78, 5) is 33.6. The molecular weight excluding hydrogens is 517 g/mol. The summed E-state index contributed by atoms with van der Waals surface area (Å²) >= 11 is 3.96. The highest BCUT2D eigenvalue weighted by molar-refractivity contribution is 8.03. The van der Waals surface area contributed by atoms with Crippen LogP contribution in [0.25, 0.3) is 21.8 Å². The number of pyridine rings is 2. The predicted octanol–water partition coefficient (Wildman–Crippen LogP) is 4.27. The maximum Gasteiger partial charge on any atom is 0.234 e. The van der Waals surface area contributed by atoms with Gasteiger partial charge < -0.3 is 16.1 Å². The molecule has 2 amide bonds. The second-order valence-corrected chi connectivity index (χ2v) is 10.7. The van der Waals surface area contributed by atoms with Crippen molar-refractivity contribution >= 4 is 79.9 Å². The third kappa shape index (κ3) is 6.15. The molecule has 12 heteroatoms. The molecule has 4 N–H and O–H groups in total. The van der Waals surface area contributed by atoms with Gasteiger partial charge in [0.25, 0.3) is 0 Å². The lowest BCUT2D eigenvalue weighted by molar-refractivity contribution is -0.114. The van der Waals surface area contributed by atoms with Gasteiger partial charge in [0.15, 0.2) is 8.68 Å². The van der Waals surface area contributed by atoms with E-state index >= 15 is 0 Å². The quantitative estimate of drug-likeness (QED) is 0.280. The monoisotopic (exact) mass is 536 g/mol. The summed E-state index contributed by atoms with van der Waals surface area (Å²) in [5, 5.41) is 16.0. The van der Waals surface area contributed by atoms with Gasteiger partial charge in [-0.15, -0.1) is 10.2 Å². The van der Waals surface area contributed by atoms with E-state index in [2.05, 4.69) is 30.8 Å². The van der Waals surface area contributed by atoms with Crippen molar-refractivity contribution in [2.75, 3.05) is 22.1 Å². The van der Waals surface area contributed by atoms with Crippen LogP contribution in [0.5, 0.6) is 0 Å². The zero-order valence-electron chi connectivity index (χ0n) is 18.7. The van der Waals surface area contributed by atoms with E-state index in [0.29, 0.717) is 20.1 Å². The number of nitrogens with one attached hydrogen (secondary N) is 2. The van der Waals surface area contributed by atoms with E-state index in [0.717, 1.165) is 21.8 Å². The Labute approximate surface area is 218 Å². The molecule has 0 bridgehead atoms. The molecule has 0 aliphatic heterocycles. The number of rotatable bonds is 8. The van der Waals surface area contributed by atoms with E-state index in [1.165, 1.54) is 34.9 Å². The molecule has 0 fully saturated rings. The van der Waals surface area contributed by atoms with Gasteiger partial charge in [0, 0.05) is 23.2 Å². The average molecular weight is 537 g/mol. The summed E-state index contributed by atoms with van der Waals surface area (Å²) < 4.78 is 1.33. The topological polar surface area (TPSA) is 141 Å². The van der Waals surface area contributed by atoms with Crippen molar-refractivity contribution in [1.29, 1.82) is 0 Å². The number of fused-ring (bicyclic) bond motifs is 2. The van der Waals surface area contributed by atoms with E-state index in [1.807, 2.05) is 60.7 Å². The largest absolute Gasteiger partial charge is 0.412 e. The zero-order valence-corrected chi connectivity index (χ0v) is 21.1. The van der Waals surface area contributed by atoms with Crippen LogP contribution in [0.2, 0.25) is 0 Å². The minimum atomic E-state index is -0.152. The molecule has 5 rings (SSSR count). The van der Waals surface area contributed by atoms with Crippen LogP contribution in [0, 0.1) is 0 Å². The molecule has 3 aromatic heterocycles. The summed E-state index contributed by atoms with van der Waals surface area (Å²) in [5.74, 6) is 0.0787. The number of thioether (sulfide) groups is 2. The molecule has 36 heavy (non-hydrogen) atoms. The van der Waals surface area contributed by atoms with Gasteiger partial charge in [-0.25, -0.2) is 0 Å². The molecule has 0 aliphatic rings. The number of nitrogens with zero attached hydrogens (tertiary/aromatic N) is 4. The second-order valence-electron chi connectivity index (χ2n) is 7.27. The highest BCUT2D eigenvalue weighted by Crippen LogP contribution is 2.29. The highest BCUT2D eigenvalue weighted by atomic mass is 32.2. The molecule has 0 radical (unpaired) electrons. The number of hydrogen-bond donors (Lipinski definition) is 2. The van der Waals surface area contributed by atoms with E-state index in [4.69, 9.17) is 0 Å². The molecule has 0 saturated carbocycles. The van der Waals surface area contributed by atoms with Crippen LogP contribution in [-0.2, 0) is 9.59 Å². The van der Waals surface area contributed by atoms with Crippen molar-refractivity contribution in [1.82, 2.24) is 20.2 Å². The van der Waals surface area contributed by atoms with Gasteiger partial charge >= 0.3 is 0 Å². The van der Waals surface area contributed by atoms with Gasteiger partial charge in [-0.3, -0.25) is 19.6 Å². The zero-order chi connectivity index (χ0) is 24.0. The molecule has 0 aliphatic carbocycles. The Hall–Kier alpha value is -3.58. The Balaban J connectivity index is 0.00000304. The minimum absolute atomic E-state index is 0. The fourth-order valence-electron chi connectivity index (χ4n) is 3.35.